The summed E-state index contributed by atoms with van der Waals surface area (Å²) in [6.07, 6.45) is 6.02. The number of carbonyl (C=O) groups excluding carboxylic acids is 1. The molecular formula is C19H26N4O2S. The van der Waals surface area contributed by atoms with E-state index in [9.17, 15) is 4.79 Å². The first-order valence-corrected chi connectivity index (χ1v) is 10.2. The van der Waals surface area contributed by atoms with Crippen molar-refractivity contribution >= 4 is 17.7 Å². The molecule has 1 amide bonds. The van der Waals surface area contributed by atoms with Crippen molar-refractivity contribution in [2.75, 3.05) is 19.4 Å². The van der Waals surface area contributed by atoms with E-state index in [0.717, 1.165) is 30.7 Å². The molecule has 140 valence electrons. The Bertz CT molecular complexity index is 711. The molecule has 0 aliphatic heterocycles. The molecular weight excluding hydrogens is 348 g/mol. The van der Waals surface area contributed by atoms with Gasteiger partial charge in [-0.05, 0) is 44.0 Å². The second-order valence-corrected chi connectivity index (χ2v) is 7.40. The van der Waals surface area contributed by atoms with E-state index < -0.39 is 0 Å². The Balaban J connectivity index is 1.57. The molecule has 1 aliphatic carbocycles. The van der Waals surface area contributed by atoms with Gasteiger partial charge in [-0.25, -0.2) is 4.98 Å². The fraction of sp³-hybridized carbons (Fsp3) is 0.526. The van der Waals surface area contributed by atoms with Gasteiger partial charge in [-0.15, -0.1) is 5.10 Å². The van der Waals surface area contributed by atoms with Crippen LogP contribution < -0.4 is 4.74 Å². The molecule has 0 radical (unpaired) electrons. The van der Waals surface area contributed by atoms with Crippen molar-refractivity contribution in [1.29, 1.82) is 0 Å². The molecule has 1 aliphatic rings. The zero-order valence-electron chi connectivity index (χ0n) is 15.4. The molecule has 1 heterocycles. The first-order valence-electron chi connectivity index (χ1n) is 9.20. The Labute approximate surface area is 158 Å². The fourth-order valence-electron chi connectivity index (χ4n) is 3.43. The maximum atomic E-state index is 12.6. The van der Waals surface area contributed by atoms with E-state index in [1.54, 1.807) is 7.11 Å². The lowest BCUT2D eigenvalue weighted by Crippen LogP contribution is -2.42. The van der Waals surface area contributed by atoms with Crippen LogP contribution in [0.4, 0.5) is 0 Å². The molecule has 1 N–H and O–H groups in total. The van der Waals surface area contributed by atoms with Crippen molar-refractivity contribution in [3.63, 3.8) is 0 Å². The highest BCUT2D eigenvalue weighted by molar-refractivity contribution is 7.99. The second-order valence-electron chi connectivity index (χ2n) is 6.46. The summed E-state index contributed by atoms with van der Waals surface area (Å²) in [4.78, 5) is 19.1. The SMILES string of the molecule is CCN(C(=O)CSc1n[nH]c(-c2ccc(OC)cc2)n1)C1CCCCC1. The lowest BCUT2D eigenvalue weighted by Gasteiger charge is -2.33. The largest absolute Gasteiger partial charge is 0.497 e. The molecule has 1 aromatic heterocycles. The van der Waals surface area contributed by atoms with E-state index in [1.807, 2.05) is 29.2 Å². The average molecular weight is 375 g/mol. The zero-order valence-corrected chi connectivity index (χ0v) is 16.2. The molecule has 1 aromatic carbocycles. The minimum atomic E-state index is 0.181. The third-order valence-corrected chi connectivity index (χ3v) is 5.66. The number of thioether (sulfide) groups is 1. The lowest BCUT2D eigenvalue weighted by atomic mass is 9.94. The first kappa shape index (κ1) is 18.8. The van der Waals surface area contributed by atoms with Crippen LogP contribution in [0.15, 0.2) is 29.4 Å². The Morgan fingerprint density at radius 1 is 1.27 bits per heavy atom. The standard InChI is InChI=1S/C19H26N4O2S/c1-3-23(15-7-5-4-6-8-15)17(24)13-26-19-20-18(21-22-19)14-9-11-16(25-2)12-10-14/h9-12,15H,3-8,13H2,1-2H3,(H,20,21,22). The van der Waals surface area contributed by atoms with Gasteiger partial charge >= 0.3 is 0 Å². The Morgan fingerprint density at radius 3 is 2.65 bits per heavy atom. The van der Waals surface area contributed by atoms with E-state index in [1.165, 1.54) is 31.0 Å². The van der Waals surface area contributed by atoms with Crippen molar-refractivity contribution in [2.24, 2.45) is 0 Å². The van der Waals surface area contributed by atoms with Crippen molar-refractivity contribution in [1.82, 2.24) is 20.1 Å². The van der Waals surface area contributed by atoms with Gasteiger partial charge in [0.05, 0.1) is 12.9 Å². The molecule has 26 heavy (non-hydrogen) atoms. The minimum absolute atomic E-state index is 0.181. The van der Waals surface area contributed by atoms with Crippen LogP contribution in [-0.2, 0) is 4.79 Å². The maximum Gasteiger partial charge on any atom is 0.233 e. The summed E-state index contributed by atoms with van der Waals surface area (Å²) >= 11 is 1.39. The smallest absolute Gasteiger partial charge is 0.233 e. The van der Waals surface area contributed by atoms with Crippen LogP contribution in [-0.4, -0.2) is 51.4 Å². The average Bonchev–Trinajstić information content (AvgIpc) is 3.17. The third-order valence-electron chi connectivity index (χ3n) is 4.83. The van der Waals surface area contributed by atoms with Gasteiger partial charge in [0.2, 0.25) is 11.1 Å². The molecule has 7 heteroatoms. The highest BCUT2D eigenvalue weighted by atomic mass is 32.2. The number of aromatic amines is 1. The van der Waals surface area contributed by atoms with E-state index >= 15 is 0 Å². The van der Waals surface area contributed by atoms with E-state index in [-0.39, 0.29) is 5.91 Å². The maximum absolute atomic E-state index is 12.6. The van der Waals surface area contributed by atoms with Crippen LogP contribution in [0.5, 0.6) is 5.75 Å². The Morgan fingerprint density at radius 2 is 2.00 bits per heavy atom. The number of rotatable bonds is 7. The van der Waals surface area contributed by atoms with E-state index in [0.29, 0.717) is 22.8 Å². The number of ether oxygens (including phenoxy) is 1. The van der Waals surface area contributed by atoms with Crippen LogP contribution in [0.25, 0.3) is 11.4 Å². The molecule has 1 saturated carbocycles. The topological polar surface area (TPSA) is 71.1 Å². The molecule has 0 unspecified atom stereocenters. The lowest BCUT2D eigenvalue weighted by molar-refractivity contribution is -0.131. The second kappa shape index (κ2) is 9.07. The van der Waals surface area contributed by atoms with Gasteiger partial charge in [0.15, 0.2) is 5.82 Å². The van der Waals surface area contributed by atoms with Crippen molar-refractivity contribution in [3.05, 3.63) is 24.3 Å². The third kappa shape index (κ3) is 4.58. The Kier molecular flexibility index (Phi) is 6.55. The normalized spacial score (nSPS) is 15.0. The Hall–Kier alpha value is -2.02. The molecule has 0 spiro atoms. The van der Waals surface area contributed by atoms with Gasteiger partial charge < -0.3 is 9.64 Å². The number of carbonyl (C=O) groups is 1. The summed E-state index contributed by atoms with van der Waals surface area (Å²) in [7, 11) is 1.64. The predicted molar refractivity (Wildman–Crippen MR) is 103 cm³/mol. The predicted octanol–water partition coefficient (Wildman–Crippen LogP) is 3.75. The zero-order chi connectivity index (χ0) is 18.4. The highest BCUT2D eigenvalue weighted by Crippen LogP contribution is 2.25. The van der Waals surface area contributed by atoms with Crippen LogP contribution in [0.1, 0.15) is 39.0 Å². The van der Waals surface area contributed by atoms with Crippen LogP contribution in [0, 0.1) is 0 Å². The van der Waals surface area contributed by atoms with Crippen LogP contribution in [0.2, 0.25) is 0 Å². The van der Waals surface area contributed by atoms with Gasteiger partial charge in [0.1, 0.15) is 5.75 Å². The highest BCUT2D eigenvalue weighted by Gasteiger charge is 2.24. The minimum Gasteiger partial charge on any atom is -0.497 e. The van der Waals surface area contributed by atoms with Crippen molar-refractivity contribution < 1.29 is 9.53 Å². The summed E-state index contributed by atoms with van der Waals surface area (Å²) in [5.41, 5.74) is 0.939. The number of nitrogens with one attached hydrogen (secondary N) is 1. The summed E-state index contributed by atoms with van der Waals surface area (Å²) in [6.45, 7) is 2.83. The number of amides is 1. The molecule has 3 rings (SSSR count). The molecule has 0 saturated heterocycles. The molecule has 1 fully saturated rings. The van der Waals surface area contributed by atoms with Gasteiger partial charge in [-0.3, -0.25) is 9.89 Å². The number of H-pyrrole nitrogens is 1. The van der Waals surface area contributed by atoms with Gasteiger partial charge in [0, 0.05) is 18.2 Å². The molecule has 2 aromatic rings. The number of aromatic nitrogens is 3. The number of nitrogens with zero attached hydrogens (tertiary/aromatic N) is 3. The summed E-state index contributed by atoms with van der Waals surface area (Å²) in [6, 6.07) is 8.04. The van der Waals surface area contributed by atoms with Gasteiger partial charge in [0.25, 0.3) is 0 Å². The van der Waals surface area contributed by atoms with Crippen molar-refractivity contribution in [3.8, 4) is 17.1 Å². The van der Waals surface area contributed by atoms with E-state index in [2.05, 4.69) is 22.1 Å². The number of hydrogen-bond acceptors (Lipinski definition) is 5. The number of hydrogen-bond donors (Lipinski definition) is 1. The van der Waals surface area contributed by atoms with Crippen LogP contribution in [0.3, 0.4) is 0 Å². The van der Waals surface area contributed by atoms with Crippen molar-refractivity contribution in [2.45, 2.75) is 50.2 Å². The van der Waals surface area contributed by atoms with Gasteiger partial charge in [-0.1, -0.05) is 31.0 Å². The fourth-order valence-corrected chi connectivity index (χ4v) is 4.11. The summed E-state index contributed by atoms with van der Waals surface area (Å²) < 4.78 is 5.17. The molecule has 0 atom stereocenters. The number of benzene rings is 1. The number of methoxy groups -OCH3 is 1. The quantitative estimate of drug-likeness (QED) is 0.747. The monoisotopic (exact) mass is 374 g/mol. The molecule has 6 nitrogen and oxygen atoms in total. The van der Waals surface area contributed by atoms with Gasteiger partial charge in [-0.2, -0.15) is 0 Å². The first-order chi connectivity index (χ1) is 12.7. The summed E-state index contributed by atoms with van der Waals surface area (Å²) in [5, 5.41) is 7.77. The van der Waals surface area contributed by atoms with E-state index in [4.69, 9.17) is 4.74 Å². The molecule has 0 bridgehead atoms. The van der Waals surface area contributed by atoms with Crippen LogP contribution >= 0.6 is 11.8 Å². The summed E-state index contributed by atoms with van der Waals surface area (Å²) in [5.74, 6) is 2.06.